The standard InChI is InChI=1S/C18H27ClN4/c19-15-8-9-17-16(14-15)18(20)21-23(17)13-7-2-1-4-10-22-11-5-3-6-12-22/h8-9,14H,1-7,10-13H2,(H2,20,21). The molecule has 2 N–H and O–H groups in total. The average Bonchev–Trinajstić information content (AvgIpc) is 2.87. The van der Waals surface area contributed by atoms with E-state index in [9.17, 15) is 0 Å². The van der Waals surface area contributed by atoms with Crippen molar-refractivity contribution in [2.75, 3.05) is 25.4 Å². The minimum absolute atomic E-state index is 0.576. The molecule has 2 aromatic rings. The number of aromatic nitrogens is 2. The summed E-state index contributed by atoms with van der Waals surface area (Å²) < 4.78 is 2.02. The Morgan fingerprint density at radius 1 is 1.00 bits per heavy atom. The number of halogens is 1. The van der Waals surface area contributed by atoms with E-state index in [4.69, 9.17) is 17.3 Å². The number of likely N-dealkylation sites (tertiary alicyclic amines) is 1. The highest BCUT2D eigenvalue weighted by Gasteiger charge is 2.10. The van der Waals surface area contributed by atoms with E-state index in [1.54, 1.807) is 0 Å². The predicted octanol–water partition coefficient (Wildman–Crippen LogP) is 4.32. The molecule has 1 aliphatic heterocycles. The number of hydrogen-bond acceptors (Lipinski definition) is 3. The maximum atomic E-state index is 6.03. The lowest BCUT2D eigenvalue weighted by atomic mass is 10.1. The minimum atomic E-state index is 0.576. The zero-order valence-electron chi connectivity index (χ0n) is 13.8. The molecule has 0 spiro atoms. The second-order valence-corrected chi connectivity index (χ2v) is 7.02. The number of nitrogens with two attached hydrogens (primary N) is 1. The van der Waals surface area contributed by atoms with Gasteiger partial charge < -0.3 is 10.6 Å². The van der Waals surface area contributed by atoms with Gasteiger partial charge in [0.1, 0.15) is 0 Å². The third-order valence-electron chi connectivity index (χ3n) is 4.78. The third-order valence-corrected chi connectivity index (χ3v) is 5.02. The van der Waals surface area contributed by atoms with Crippen molar-refractivity contribution in [3.05, 3.63) is 23.2 Å². The van der Waals surface area contributed by atoms with Gasteiger partial charge in [0.25, 0.3) is 0 Å². The van der Waals surface area contributed by atoms with Gasteiger partial charge in [-0.05, 0) is 63.5 Å². The number of piperidine rings is 1. The molecule has 5 heteroatoms. The minimum Gasteiger partial charge on any atom is -0.382 e. The first kappa shape index (κ1) is 16.6. The second-order valence-electron chi connectivity index (χ2n) is 6.59. The SMILES string of the molecule is Nc1nn(CCCCCCN2CCCCC2)c2ccc(Cl)cc12. The van der Waals surface area contributed by atoms with Gasteiger partial charge in [-0.3, -0.25) is 4.68 Å². The summed E-state index contributed by atoms with van der Waals surface area (Å²) in [6.45, 7) is 4.82. The van der Waals surface area contributed by atoms with E-state index in [2.05, 4.69) is 10.00 Å². The third kappa shape index (κ3) is 4.39. The lowest BCUT2D eigenvalue weighted by molar-refractivity contribution is 0.224. The van der Waals surface area contributed by atoms with Gasteiger partial charge in [-0.1, -0.05) is 30.9 Å². The monoisotopic (exact) mass is 334 g/mol. The molecule has 1 saturated heterocycles. The summed E-state index contributed by atoms with van der Waals surface area (Å²) in [7, 11) is 0. The van der Waals surface area contributed by atoms with E-state index >= 15 is 0 Å². The molecule has 3 rings (SSSR count). The van der Waals surface area contributed by atoms with Crippen LogP contribution in [0.5, 0.6) is 0 Å². The fraction of sp³-hybridized carbons (Fsp3) is 0.611. The van der Waals surface area contributed by atoms with Gasteiger partial charge in [-0.2, -0.15) is 5.10 Å². The summed E-state index contributed by atoms with van der Waals surface area (Å²) in [5, 5.41) is 6.12. The molecule has 0 radical (unpaired) electrons. The van der Waals surface area contributed by atoms with E-state index in [0.29, 0.717) is 10.8 Å². The summed E-state index contributed by atoms with van der Waals surface area (Å²) in [5.41, 5.74) is 7.07. The van der Waals surface area contributed by atoms with Gasteiger partial charge in [-0.25, -0.2) is 0 Å². The molecule has 2 heterocycles. The number of hydrogen-bond donors (Lipinski definition) is 1. The van der Waals surface area contributed by atoms with Crippen LogP contribution in [0.1, 0.15) is 44.9 Å². The van der Waals surface area contributed by atoms with Gasteiger partial charge in [0.15, 0.2) is 5.82 Å². The molecule has 0 unspecified atom stereocenters. The first-order chi connectivity index (χ1) is 11.2. The van der Waals surface area contributed by atoms with Crippen molar-refractivity contribution in [3.63, 3.8) is 0 Å². The average molecular weight is 335 g/mol. The second kappa shape index (κ2) is 8.02. The highest BCUT2D eigenvalue weighted by Crippen LogP contribution is 2.24. The van der Waals surface area contributed by atoms with Gasteiger partial charge in [0.2, 0.25) is 0 Å². The summed E-state index contributed by atoms with van der Waals surface area (Å²) >= 11 is 6.03. The molecular weight excluding hydrogens is 308 g/mol. The van der Waals surface area contributed by atoms with Crippen LogP contribution in [0.4, 0.5) is 5.82 Å². The van der Waals surface area contributed by atoms with Crippen molar-refractivity contribution in [1.29, 1.82) is 0 Å². The van der Waals surface area contributed by atoms with Crippen LogP contribution in [0.15, 0.2) is 18.2 Å². The Bertz CT molecular complexity index is 631. The molecule has 4 nitrogen and oxygen atoms in total. The van der Waals surface area contributed by atoms with E-state index in [0.717, 1.165) is 23.9 Å². The zero-order chi connectivity index (χ0) is 16.1. The van der Waals surface area contributed by atoms with Crippen LogP contribution < -0.4 is 5.73 Å². The highest BCUT2D eigenvalue weighted by atomic mass is 35.5. The normalized spacial score (nSPS) is 16.2. The van der Waals surface area contributed by atoms with Gasteiger partial charge in [0, 0.05) is 17.0 Å². The van der Waals surface area contributed by atoms with Crippen molar-refractivity contribution >= 4 is 28.3 Å². The van der Waals surface area contributed by atoms with Crippen LogP contribution >= 0.6 is 11.6 Å². The smallest absolute Gasteiger partial charge is 0.153 e. The molecule has 0 atom stereocenters. The van der Waals surface area contributed by atoms with E-state index < -0.39 is 0 Å². The van der Waals surface area contributed by atoms with Crippen LogP contribution in [-0.4, -0.2) is 34.3 Å². The van der Waals surface area contributed by atoms with Crippen molar-refractivity contribution in [2.24, 2.45) is 0 Å². The number of unbranched alkanes of at least 4 members (excludes halogenated alkanes) is 3. The summed E-state index contributed by atoms with van der Waals surface area (Å²) in [6.07, 6.45) is 9.22. The number of aryl methyl sites for hydroxylation is 1. The van der Waals surface area contributed by atoms with Crippen molar-refractivity contribution in [3.8, 4) is 0 Å². The molecule has 126 valence electrons. The van der Waals surface area contributed by atoms with Crippen LogP contribution in [0.2, 0.25) is 5.02 Å². The first-order valence-electron chi connectivity index (χ1n) is 8.88. The fourth-order valence-corrected chi connectivity index (χ4v) is 3.65. The molecule has 0 bridgehead atoms. The fourth-order valence-electron chi connectivity index (χ4n) is 3.48. The van der Waals surface area contributed by atoms with Crippen LogP contribution in [0.25, 0.3) is 10.9 Å². The number of benzene rings is 1. The van der Waals surface area contributed by atoms with Gasteiger partial charge >= 0.3 is 0 Å². The Kier molecular flexibility index (Phi) is 5.79. The summed E-state index contributed by atoms with van der Waals surface area (Å²) in [6, 6.07) is 5.81. The molecule has 1 fully saturated rings. The molecule has 23 heavy (non-hydrogen) atoms. The Hall–Kier alpha value is -1.26. The highest BCUT2D eigenvalue weighted by molar-refractivity contribution is 6.31. The zero-order valence-corrected chi connectivity index (χ0v) is 14.6. The molecule has 1 aliphatic rings. The number of rotatable bonds is 7. The Morgan fingerprint density at radius 3 is 2.52 bits per heavy atom. The van der Waals surface area contributed by atoms with Gasteiger partial charge in [0.05, 0.1) is 5.52 Å². The van der Waals surface area contributed by atoms with E-state index in [1.807, 2.05) is 22.9 Å². The topological polar surface area (TPSA) is 47.1 Å². The van der Waals surface area contributed by atoms with Crippen LogP contribution in [0.3, 0.4) is 0 Å². The number of fused-ring (bicyclic) bond motifs is 1. The first-order valence-corrected chi connectivity index (χ1v) is 9.26. The number of nitrogen functional groups attached to an aromatic ring is 1. The Balaban J connectivity index is 1.40. The maximum Gasteiger partial charge on any atom is 0.153 e. The van der Waals surface area contributed by atoms with Crippen LogP contribution in [-0.2, 0) is 6.54 Å². The lowest BCUT2D eigenvalue weighted by Crippen LogP contribution is -2.30. The summed E-state index contributed by atoms with van der Waals surface area (Å²) in [4.78, 5) is 2.62. The Morgan fingerprint density at radius 2 is 1.74 bits per heavy atom. The lowest BCUT2D eigenvalue weighted by Gasteiger charge is -2.26. The summed E-state index contributed by atoms with van der Waals surface area (Å²) in [5.74, 6) is 0.576. The van der Waals surface area contributed by atoms with E-state index in [-0.39, 0.29) is 0 Å². The molecule has 0 aliphatic carbocycles. The predicted molar refractivity (Wildman–Crippen MR) is 97.9 cm³/mol. The molecular formula is C18H27ClN4. The molecule has 0 amide bonds. The number of nitrogens with zero attached hydrogens (tertiary/aromatic N) is 3. The molecule has 1 aromatic heterocycles. The van der Waals surface area contributed by atoms with Crippen molar-refractivity contribution in [1.82, 2.24) is 14.7 Å². The quantitative estimate of drug-likeness (QED) is 0.767. The number of anilines is 1. The Labute approximate surface area is 143 Å². The van der Waals surface area contributed by atoms with Crippen molar-refractivity contribution in [2.45, 2.75) is 51.5 Å². The molecule has 0 saturated carbocycles. The molecule has 1 aromatic carbocycles. The van der Waals surface area contributed by atoms with Crippen molar-refractivity contribution < 1.29 is 0 Å². The van der Waals surface area contributed by atoms with E-state index in [1.165, 1.54) is 58.2 Å². The largest absolute Gasteiger partial charge is 0.382 e. The van der Waals surface area contributed by atoms with Gasteiger partial charge in [-0.15, -0.1) is 0 Å². The van der Waals surface area contributed by atoms with Crippen LogP contribution in [0, 0.1) is 0 Å². The maximum absolute atomic E-state index is 6.03.